The molecule has 2 amide bonds. The molecule has 218 valence electrons. The van der Waals surface area contributed by atoms with E-state index in [1.807, 2.05) is 6.92 Å². The van der Waals surface area contributed by atoms with Crippen molar-refractivity contribution in [2.45, 2.75) is 69.5 Å². The van der Waals surface area contributed by atoms with Gasteiger partial charge in [0.2, 0.25) is 11.8 Å². The zero-order chi connectivity index (χ0) is 29.6. The summed E-state index contributed by atoms with van der Waals surface area (Å²) in [5.74, 6) is -1.46. The fourth-order valence-electron chi connectivity index (χ4n) is 4.94. The number of carbonyl (C=O) groups is 2. The first-order valence-electron chi connectivity index (χ1n) is 13.7. The Balaban J connectivity index is 1.68. The zero-order valence-electron chi connectivity index (χ0n) is 23.2. The van der Waals surface area contributed by atoms with Gasteiger partial charge in [-0.25, -0.2) is 12.8 Å². The molecule has 4 rings (SSSR count). The molecule has 1 saturated carbocycles. The van der Waals surface area contributed by atoms with Crippen molar-refractivity contribution in [3.05, 3.63) is 94.8 Å². The van der Waals surface area contributed by atoms with Crippen LogP contribution in [0.15, 0.2) is 77.7 Å². The van der Waals surface area contributed by atoms with E-state index in [1.54, 1.807) is 55.5 Å². The van der Waals surface area contributed by atoms with Gasteiger partial charge < -0.3 is 10.2 Å². The third-order valence-corrected chi connectivity index (χ3v) is 9.58. The monoisotopic (exact) mass is 599 g/mol. The van der Waals surface area contributed by atoms with E-state index in [0.717, 1.165) is 66.2 Å². The van der Waals surface area contributed by atoms with Crippen LogP contribution in [0.4, 0.5) is 10.1 Å². The highest BCUT2D eigenvalue weighted by Gasteiger charge is 2.33. The van der Waals surface area contributed by atoms with Gasteiger partial charge in [-0.15, -0.1) is 0 Å². The smallest absolute Gasteiger partial charge is 0.264 e. The molecule has 3 aromatic carbocycles. The van der Waals surface area contributed by atoms with E-state index in [9.17, 15) is 22.4 Å². The molecule has 0 aliphatic heterocycles. The minimum absolute atomic E-state index is 0.0100. The van der Waals surface area contributed by atoms with E-state index in [-0.39, 0.29) is 29.1 Å². The molecule has 7 nitrogen and oxygen atoms in total. The highest BCUT2D eigenvalue weighted by Crippen LogP contribution is 2.26. The molecule has 0 spiro atoms. The summed E-state index contributed by atoms with van der Waals surface area (Å²) in [4.78, 5) is 28.6. The average molecular weight is 600 g/mol. The topological polar surface area (TPSA) is 86.8 Å². The van der Waals surface area contributed by atoms with E-state index in [0.29, 0.717) is 10.6 Å². The summed E-state index contributed by atoms with van der Waals surface area (Å²) in [6.07, 6.45) is 4.97. The minimum atomic E-state index is -4.27. The maximum atomic E-state index is 14.0. The molecular weight excluding hydrogens is 565 g/mol. The van der Waals surface area contributed by atoms with Gasteiger partial charge in [-0.3, -0.25) is 13.9 Å². The van der Waals surface area contributed by atoms with Gasteiger partial charge >= 0.3 is 0 Å². The normalized spacial score (nSPS) is 14.7. The predicted molar refractivity (Wildman–Crippen MR) is 159 cm³/mol. The van der Waals surface area contributed by atoms with Gasteiger partial charge in [-0.1, -0.05) is 66.8 Å². The Morgan fingerprint density at radius 3 is 2.24 bits per heavy atom. The number of anilines is 1. The van der Waals surface area contributed by atoms with Crippen molar-refractivity contribution in [2.75, 3.05) is 10.8 Å². The molecule has 1 N–H and O–H groups in total. The van der Waals surface area contributed by atoms with Crippen LogP contribution in [0, 0.1) is 12.7 Å². The van der Waals surface area contributed by atoms with Crippen LogP contribution in [-0.2, 0) is 26.2 Å². The van der Waals surface area contributed by atoms with Gasteiger partial charge in [0.05, 0.1) is 10.6 Å². The second kappa shape index (κ2) is 13.5. The molecule has 3 aromatic rings. The van der Waals surface area contributed by atoms with Crippen molar-refractivity contribution in [1.29, 1.82) is 0 Å². The molecule has 0 saturated heterocycles. The number of aryl methyl sites for hydroxylation is 1. The van der Waals surface area contributed by atoms with Crippen molar-refractivity contribution in [2.24, 2.45) is 0 Å². The van der Waals surface area contributed by atoms with Crippen molar-refractivity contribution >= 4 is 39.1 Å². The van der Waals surface area contributed by atoms with Crippen LogP contribution in [0.5, 0.6) is 0 Å². The van der Waals surface area contributed by atoms with Gasteiger partial charge in [0.15, 0.2) is 0 Å². The summed E-state index contributed by atoms with van der Waals surface area (Å²) in [5, 5.41) is 3.50. The lowest BCUT2D eigenvalue weighted by molar-refractivity contribution is -0.139. The molecule has 1 aliphatic rings. The predicted octanol–water partition coefficient (Wildman–Crippen LogP) is 5.85. The summed E-state index contributed by atoms with van der Waals surface area (Å²) < 4.78 is 42.2. The molecule has 0 bridgehead atoms. The third-order valence-electron chi connectivity index (χ3n) is 7.42. The number of nitrogens with one attached hydrogen (secondary N) is 1. The standard InChI is InChI=1S/C31H35ClFN3O4S/c1-22-12-16-27(17-13-22)36(41(39,40)28-18-14-25(33)15-19-28)21-30(37)35(20-24-8-6-7-11-29(24)32)23(2)31(38)34-26-9-4-3-5-10-26/h6-8,11-19,23,26H,3-5,9-10,20-21H2,1-2H3,(H,34,38). The quantitative estimate of drug-likeness (QED) is 0.317. The Labute approximate surface area is 246 Å². The lowest BCUT2D eigenvalue weighted by atomic mass is 9.95. The van der Waals surface area contributed by atoms with Crippen molar-refractivity contribution < 1.29 is 22.4 Å². The lowest BCUT2D eigenvalue weighted by Crippen LogP contribution is -2.53. The highest BCUT2D eigenvalue weighted by atomic mass is 35.5. The Kier molecular flexibility index (Phi) is 10.0. The second-order valence-electron chi connectivity index (χ2n) is 10.4. The first-order chi connectivity index (χ1) is 19.6. The van der Waals surface area contributed by atoms with Gasteiger partial charge in [-0.2, -0.15) is 0 Å². The van der Waals surface area contributed by atoms with Crippen LogP contribution >= 0.6 is 11.6 Å². The van der Waals surface area contributed by atoms with Gasteiger partial charge in [0.1, 0.15) is 18.4 Å². The number of rotatable bonds is 10. The van der Waals surface area contributed by atoms with Crippen molar-refractivity contribution in [3.63, 3.8) is 0 Å². The van der Waals surface area contributed by atoms with Crippen LogP contribution in [0.25, 0.3) is 0 Å². The van der Waals surface area contributed by atoms with Crippen molar-refractivity contribution in [3.8, 4) is 0 Å². The number of amides is 2. The van der Waals surface area contributed by atoms with Gasteiger partial charge in [-0.05, 0) is 74.7 Å². The Morgan fingerprint density at radius 2 is 1.61 bits per heavy atom. The number of carbonyl (C=O) groups excluding carboxylic acids is 2. The summed E-state index contributed by atoms with van der Waals surface area (Å²) in [6, 6.07) is 17.3. The number of halogens is 2. The SMILES string of the molecule is Cc1ccc(N(CC(=O)N(Cc2ccccc2Cl)C(C)C(=O)NC2CCCCC2)S(=O)(=O)c2ccc(F)cc2)cc1. The van der Waals surface area contributed by atoms with Gasteiger partial charge in [0, 0.05) is 17.6 Å². The van der Waals surface area contributed by atoms with E-state index in [1.165, 1.54) is 4.90 Å². The number of sulfonamides is 1. The summed E-state index contributed by atoms with van der Waals surface area (Å²) >= 11 is 6.42. The molecule has 1 fully saturated rings. The lowest BCUT2D eigenvalue weighted by Gasteiger charge is -2.33. The molecule has 1 atom stereocenters. The van der Waals surface area contributed by atoms with Crippen LogP contribution < -0.4 is 9.62 Å². The first kappa shape index (κ1) is 30.5. The largest absolute Gasteiger partial charge is 0.352 e. The van der Waals surface area contributed by atoms with Crippen LogP contribution in [-0.4, -0.2) is 43.8 Å². The highest BCUT2D eigenvalue weighted by molar-refractivity contribution is 7.92. The summed E-state index contributed by atoms with van der Waals surface area (Å²) in [7, 11) is -4.27. The Morgan fingerprint density at radius 1 is 0.976 bits per heavy atom. The molecule has 41 heavy (non-hydrogen) atoms. The molecule has 10 heteroatoms. The van der Waals surface area contributed by atoms with Crippen LogP contribution in [0.1, 0.15) is 50.2 Å². The molecule has 1 aliphatic carbocycles. The number of nitrogens with zero attached hydrogens (tertiary/aromatic N) is 2. The number of hydrogen-bond acceptors (Lipinski definition) is 4. The number of hydrogen-bond donors (Lipinski definition) is 1. The van der Waals surface area contributed by atoms with E-state index < -0.39 is 34.3 Å². The van der Waals surface area contributed by atoms with E-state index in [2.05, 4.69) is 5.32 Å². The fourth-order valence-corrected chi connectivity index (χ4v) is 6.54. The molecule has 0 aromatic heterocycles. The minimum Gasteiger partial charge on any atom is -0.352 e. The average Bonchev–Trinajstić information content (AvgIpc) is 2.96. The number of benzene rings is 3. The van der Waals surface area contributed by atoms with Crippen molar-refractivity contribution in [1.82, 2.24) is 10.2 Å². The van der Waals surface area contributed by atoms with E-state index in [4.69, 9.17) is 11.6 Å². The van der Waals surface area contributed by atoms with Gasteiger partial charge in [0.25, 0.3) is 10.0 Å². The second-order valence-corrected chi connectivity index (χ2v) is 12.7. The Bertz CT molecular complexity index is 1460. The summed E-state index contributed by atoms with van der Waals surface area (Å²) in [6.45, 7) is 2.94. The summed E-state index contributed by atoms with van der Waals surface area (Å²) in [5.41, 5.74) is 1.81. The first-order valence-corrected chi connectivity index (χ1v) is 15.6. The molecular formula is C31H35ClFN3O4S. The van der Waals surface area contributed by atoms with Crippen LogP contribution in [0.3, 0.4) is 0 Å². The third kappa shape index (κ3) is 7.65. The molecule has 0 heterocycles. The maximum absolute atomic E-state index is 14.0. The molecule has 1 unspecified atom stereocenters. The van der Waals surface area contributed by atoms with E-state index >= 15 is 0 Å². The van der Waals surface area contributed by atoms with Crippen LogP contribution in [0.2, 0.25) is 5.02 Å². The maximum Gasteiger partial charge on any atom is 0.264 e. The fraction of sp³-hybridized carbons (Fsp3) is 0.355. The Hall–Kier alpha value is -3.43. The zero-order valence-corrected chi connectivity index (χ0v) is 24.8. The molecule has 0 radical (unpaired) electrons.